The van der Waals surface area contributed by atoms with E-state index in [1.807, 2.05) is 32.0 Å². The minimum absolute atomic E-state index is 0.139. The first-order chi connectivity index (χ1) is 11.8. The molecule has 6 heteroatoms. The number of nitrogens with zero attached hydrogens (tertiary/aromatic N) is 1. The van der Waals surface area contributed by atoms with E-state index in [0.717, 1.165) is 16.8 Å². The SMILES string of the molecule is COc1ccc(Cl)cc1N(CC(=O)Nc1cc(C)ccc1C)C(C)=O. The van der Waals surface area contributed by atoms with Crippen LogP contribution in [0.15, 0.2) is 36.4 Å². The van der Waals surface area contributed by atoms with Crippen LogP contribution in [0.5, 0.6) is 5.75 Å². The average molecular weight is 361 g/mol. The molecule has 132 valence electrons. The highest BCUT2D eigenvalue weighted by molar-refractivity contribution is 6.31. The molecule has 2 aromatic rings. The van der Waals surface area contributed by atoms with Gasteiger partial charge in [0.05, 0.1) is 12.8 Å². The minimum atomic E-state index is -0.300. The fourth-order valence-electron chi connectivity index (χ4n) is 2.44. The van der Waals surface area contributed by atoms with Gasteiger partial charge in [-0.1, -0.05) is 23.7 Å². The van der Waals surface area contributed by atoms with Gasteiger partial charge in [-0.15, -0.1) is 0 Å². The van der Waals surface area contributed by atoms with E-state index < -0.39 is 0 Å². The van der Waals surface area contributed by atoms with Crippen molar-refractivity contribution >= 4 is 34.8 Å². The summed E-state index contributed by atoms with van der Waals surface area (Å²) in [6.45, 7) is 5.12. The van der Waals surface area contributed by atoms with Crippen LogP contribution < -0.4 is 15.0 Å². The molecular formula is C19H21ClN2O3. The smallest absolute Gasteiger partial charge is 0.244 e. The number of carbonyl (C=O) groups is 2. The molecule has 0 bridgehead atoms. The van der Waals surface area contributed by atoms with E-state index in [9.17, 15) is 9.59 Å². The summed E-state index contributed by atoms with van der Waals surface area (Å²) in [5.41, 5.74) is 3.18. The Morgan fingerprint density at radius 1 is 1.16 bits per heavy atom. The van der Waals surface area contributed by atoms with Gasteiger partial charge in [0, 0.05) is 17.6 Å². The van der Waals surface area contributed by atoms with Crippen molar-refractivity contribution in [2.45, 2.75) is 20.8 Å². The first kappa shape index (κ1) is 18.8. The van der Waals surface area contributed by atoms with Gasteiger partial charge in [0.15, 0.2) is 0 Å². The number of hydrogen-bond donors (Lipinski definition) is 1. The zero-order valence-electron chi connectivity index (χ0n) is 14.7. The number of aryl methyl sites for hydroxylation is 2. The summed E-state index contributed by atoms with van der Waals surface area (Å²) in [4.78, 5) is 25.9. The molecule has 0 saturated heterocycles. The molecule has 1 N–H and O–H groups in total. The van der Waals surface area contributed by atoms with Gasteiger partial charge < -0.3 is 10.1 Å². The quantitative estimate of drug-likeness (QED) is 0.878. The third-order valence-electron chi connectivity index (χ3n) is 3.78. The number of halogens is 1. The Balaban J connectivity index is 2.25. The normalized spacial score (nSPS) is 10.3. The summed E-state index contributed by atoms with van der Waals surface area (Å²) in [5, 5.41) is 3.31. The predicted octanol–water partition coefficient (Wildman–Crippen LogP) is 3.96. The first-order valence-corrected chi connectivity index (χ1v) is 8.18. The van der Waals surface area contributed by atoms with Crippen LogP contribution in [0.3, 0.4) is 0 Å². The fraction of sp³-hybridized carbons (Fsp3) is 0.263. The standard InChI is InChI=1S/C19H21ClN2O3/c1-12-5-6-13(2)16(9-12)21-19(24)11-22(14(3)23)17-10-15(20)7-8-18(17)25-4/h5-10H,11H2,1-4H3,(H,21,24). The van der Waals surface area contributed by atoms with E-state index in [1.54, 1.807) is 18.2 Å². The lowest BCUT2D eigenvalue weighted by Gasteiger charge is -2.23. The van der Waals surface area contributed by atoms with Crippen molar-refractivity contribution in [1.82, 2.24) is 0 Å². The third kappa shape index (κ3) is 4.73. The summed E-state index contributed by atoms with van der Waals surface area (Å²) >= 11 is 6.03. The lowest BCUT2D eigenvalue weighted by atomic mass is 10.1. The molecule has 0 saturated carbocycles. The van der Waals surface area contributed by atoms with Crippen LogP contribution in [-0.2, 0) is 9.59 Å². The zero-order chi connectivity index (χ0) is 18.6. The molecule has 0 aromatic heterocycles. The number of methoxy groups -OCH3 is 1. The van der Waals surface area contributed by atoms with Crippen molar-refractivity contribution in [3.8, 4) is 5.75 Å². The molecule has 0 radical (unpaired) electrons. The fourth-order valence-corrected chi connectivity index (χ4v) is 2.61. The molecule has 0 aliphatic heterocycles. The monoisotopic (exact) mass is 360 g/mol. The molecule has 2 aromatic carbocycles. The minimum Gasteiger partial charge on any atom is -0.495 e. The highest BCUT2D eigenvalue weighted by Gasteiger charge is 2.20. The van der Waals surface area contributed by atoms with Crippen LogP contribution in [0.2, 0.25) is 5.02 Å². The summed E-state index contributed by atoms with van der Waals surface area (Å²) in [6, 6.07) is 10.7. The molecule has 0 aliphatic rings. The average Bonchev–Trinajstić information content (AvgIpc) is 2.55. The first-order valence-electron chi connectivity index (χ1n) is 7.80. The molecule has 25 heavy (non-hydrogen) atoms. The third-order valence-corrected chi connectivity index (χ3v) is 4.02. The molecule has 2 amide bonds. The van der Waals surface area contributed by atoms with Crippen LogP contribution in [0.1, 0.15) is 18.1 Å². The molecule has 0 aliphatic carbocycles. The molecule has 0 unspecified atom stereocenters. The van der Waals surface area contributed by atoms with Gasteiger partial charge in [-0.25, -0.2) is 0 Å². The number of anilines is 2. The molecule has 0 fully saturated rings. The number of nitrogens with one attached hydrogen (secondary N) is 1. The van der Waals surface area contributed by atoms with Crippen molar-refractivity contribution in [1.29, 1.82) is 0 Å². The Hall–Kier alpha value is -2.53. The zero-order valence-corrected chi connectivity index (χ0v) is 15.5. The molecule has 2 rings (SSSR count). The highest BCUT2D eigenvalue weighted by atomic mass is 35.5. The van der Waals surface area contributed by atoms with Gasteiger partial charge in [0.25, 0.3) is 0 Å². The van der Waals surface area contributed by atoms with Gasteiger partial charge in [-0.05, 0) is 49.2 Å². The largest absolute Gasteiger partial charge is 0.495 e. The topological polar surface area (TPSA) is 58.6 Å². The van der Waals surface area contributed by atoms with Crippen LogP contribution in [0.4, 0.5) is 11.4 Å². The van der Waals surface area contributed by atoms with E-state index in [2.05, 4.69) is 5.32 Å². The molecule has 0 heterocycles. The second-order valence-corrected chi connectivity index (χ2v) is 6.22. The van der Waals surface area contributed by atoms with Crippen LogP contribution in [-0.4, -0.2) is 25.5 Å². The highest BCUT2D eigenvalue weighted by Crippen LogP contribution is 2.31. The van der Waals surface area contributed by atoms with Crippen LogP contribution >= 0.6 is 11.6 Å². The number of benzene rings is 2. The summed E-state index contributed by atoms with van der Waals surface area (Å²) in [5.74, 6) is -0.109. The number of amides is 2. The number of hydrogen-bond acceptors (Lipinski definition) is 3. The van der Waals surface area contributed by atoms with Gasteiger partial charge in [0.2, 0.25) is 11.8 Å². The summed E-state index contributed by atoms with van der Waals surface area (Å²) < 4.78 is 5.28. The van der Waals surface area contributed by atoms with Crippen molar-refractivity contribution in [2.24, 2.45) is 0 Å². The van der Waals surface area contributed by atoms with E-state index in [-0.39, 0.29) is 18.4 Å². The molecule has 0 spiro atoms. The Morgan fingerprint density at radius 3 is 2.52 bits per heavy atom. The van der Waals surface area contributed by atoms with E-state index in [1.165, 1.54) is 18.9 Å². The van der Waals surface area contributed by atoms with E-state index >= 15 is 0 Å². The van der Waals surface area contributed by atoms with E-state index in [0.29, 0.717) is 16.5 Å². The maximum atomic E-state index is 12.5. The van der Waals surface area contributed by atoms with Crippen LogP contribution in [0.25, 0.3) is 0 Å². The van der Waals surface area contributed by atoms with Gasteiger partial charge in [-0.2, -0.15) is 0 Å². The number of carbonyl (C=O) groups excluding carboxylic acids is 2. The van der Waals surface area contributed by atoms with Crippen LogP contribution in [0, 0.1) is 13.8 Å². The maximum Gasteiger partial charge on any atom is 0.244 e. The summed E-state index contributed by atoms with van der Waals surface area (Å²) in [7, 11) is 1.50. The van der Waals surface area contributed by atoms with Crippen molar-refractivity contribution in [3.05, 3.63) is 52.5 Å². The Labute approximate surface area is 152 Å². The lowest BCUT2D eigenvalue weighted by Crippen LogP contribution is -2.37. The number of rotatable bonds is 5. The van der Waals surface area contributed by atoms with Crippen molar-refractivity contribution in [3.63, 3.8) is 0 Å². The second-order valence-electron chi connectivity index (χ2n) is 5.79. The van der Waals surface area contributed by atoms with Crippen molar-refractivity contribution < 1.29 is 14.3 Å². The Bertz CT molecular complexity index is 805. The maximum absolute atomic E-state index is 12.5. The second kappa shape index (κ2) is 8.03. The van der Waals surface area contributed by atoms with Gasteiger partial charge >= 0.3 is 0 Å². The molecule has 0 atom stereocenters. The van der Waals surface area contributed by atoms with Crippen molar-refractivity contribution in [2.75, 3.05) is 23.9 Å². The Kier molecular flexibility index (Phi) is 6.04. The predicted molar refractivity (Wildman–Crippen MR) is 101 cm³/mol. The Morgan fingerprint density at radius 2 is 1.88 bits per heavy atom. The van der Waals surface area contributed by atoms with Gasteiger partial charge in [-0.3, -0.25) is 14.5 Å². The summed E-state index contributed by atoms with van der Waals surface area (Å²) in [6.07, 6.45) is 0. The van der Waals surface area contributed by atoms with E-state index in [4.69, 9.17) is 16.3 Å². The molecular weight excluding hydrogens is 340 g/mol. The van der Waals surface area contributed by atoms with Gasteiger partial charge in [0.1, 0.15) is 12.3 Å². The lowest BCUT2D eigenvalue weighted by molar-refractivity contribution is -0.120. The number of ether oxygens (including phenoxy) is 1. The molecule has 5 nitrogen and oxygen atoms in total.